The lowest BCUT2D eigenvalue weighted by Gasteiger charge is -2.08. The second-order valence-corrected chi connectivity index (χ2v) is 5.21. The lowest BCUT2D eigenvalue weighted by molar-refractivity contribution is 0.0528. The minimum absolute atomic E-state index is 0.0846. The van der Waals surface area contributed by atoms with Crippen LogP contribution in [0.3, 0.4) is 0 Å². The second-order valence-electron chi connectivity index (χ2n) is 5.21. The van der Waals surface area contributed by atoms with Crippen LogP contribution < -0.4 is 10.3 Å². The molecule has 130 valence electrons. The first-order valence-corrected chi connectivity index (χ1v) is 7.78. The Morgan fingerprint density at radius 3 is 2.80 bits per heavy atom. The Labute approximate surface area is 142 Å². The van der Waals surface area contributed by atoms with Gasteiger partial charge in [0.2, 0.25) is 5.88 Å². The van der Waals surface area contributed by atoms with Gasteiger partial charge < -0.3 is 19.6 Å². The fourth-order valence-corrected chi connectivity index (χ4v) is 2.41. The molecule has 0 fully saturated rings. The summed E-state index contributed by atoms with van der Waals surface area (Å²) in [5.41, 5.74) is -0.204. The molecule has 2 aromatic heterocycles. The summed E-state index contributed by atoms with van der Waals surface area (Å²) in [6, 6.07) is 9.15. The topological polar surface area (TPSA) is 106 Å². The first-order chi connectivity index (χ1) is 12.1. The Bertz CT molecular complexity index is 946. The molecule has 2 N–H and O–H groups in total. The van der Waals surface area contributed by atoms with Gasteiger partial charge in [-0.05, 0) is 19.1 Å². The highest BCUT2D eigenvalue weighted by molar-refractivity contribution is 5.95. The summed E-state index contributed by atoms with van der Waals surface area (Å²) in [7, 11) is 0. The van der Waals surface area contributed by atoms with E-state index in [0.29, 0.717) is 5.75 Å². The average Bonchev–Trinajstić information content (AvgIpc) is 3.03. The van der Waals surface area contributed by atoms with Gasteiger partial charge >= 0.3 is 5.97 Å². The van der Waals surface area contributed by atoms with E-state index in [1.54, 1.807) is 19.1 Å². The summed E-state index contributed by atoms with van der Waals surface area (Å²) in [5.74, 6) is -0.276. The number of para-hydroxylation sites is 1. The van der Waals surface area contributed by atoms with E-state index in [4.69, 9.17) is 9.47 Å². The zero-order valence-electron chi connectivity index (χ0n) is 13.6. The van der Waals surface area contributed by atoms with Crippen LogP contribution >= 0.6 is 0 Å². The van der Waals surface area contributed by atoms with Gasteiger partial charge in [-0.25, -0.2) is 4.79 Å². The van der Waals surface area contributed by atoms with E-state index in [0.717, 1.165) is 4.52 Å². The van der Waals surface area contributed by atoms with Gasteiger partial charge in [0.1, 0.15) is 11.3 Å². The standard InChI is InChI=1S/C17H17N3O5/c1-2-24-17(23)13-10-18-20-14(13)19-15(21)12(16(20)22)8-9-25-11-6-4-3-5-7-11/h3-7,10,22H,2,8-9H2,1H3,(H,19,21). The number of ether oxygens (including phenoxy) is 2. The molecule has 0 atom stereocenters. The molecule has 0 aliphatic rings. The zero-order valence-corrected chi connectivity index (χ0v) is 13.6. The fraction of sp³-hybridized carbons (Fsp3) is 0.235. The van der Waals surface area contributed by atoms with Crippen LogP contribution in [0.1, 0.15) is 22.8 Å². The predicted molar refractivity (Wildman–Crippen MR) is 89.1 cm³/mol. The molecule has 0 spiro atoms. The molecule has 8 nitrogen and oxygen atoms in total. The smallest absolute Gasteiger partial charge is 0.343 e. The Morgan fingerprint density at radius 1 is 1.32 bits per heavy atom. The summed E-state index contributed by atoms with van der Waals surface area (Å²) >= 11 is 0. The number of fused-ring (bicyclic) bond motifs is 1. The lowest BCUT2D eigenvalue weighted by Crippen LogP contribution is -2.19. The van der Waals surface area contributed by atoms with Crippen LogP contribution in [0.4, 0.5) is 0 Å². The number of benzene rings is 1. The van der Waals surface area contributed by atoms with Gasteiger partial charge in [-0.2, -0.15) is 9.61 Å². The van der Waals surface area contributed by atoms with E-state index in [2.05, 4.69) is 10.1 Å². The Hall–Kier alpha value is -3.29. The van der Waals surface area contributed by atoms with E-state index < -0.39 is 11.5 Å². The van der Waals surface area contributed by atoms with Crippen molar-refractivity contribution in [2.45, 2.75) is 13.3 Å². The maximum absolute atomic E-state index is 12.3. The van der Waals surface area contributed by atoms with E-state index in [1.807, 2.05) is 18.2 Å². The van der Waals surface area contributed by atoms with Gasteiger partial charge in [0.25, 0.3) is 5.56 Å². The molecule has 0 radical (unpaired) electrons. The fourth-order valence-electron chi connectivity index (χ4n) is 2.41. The Kier molecular flexibility index (Phi) is 4.69. The number of carbonyl (C=O) groups excluding carboxylic acids is 1. The summed E-state index contributed by atoms with van der Waals surface area (Å²) in [5, 5.41) is 14.3. The number of aromatic nitrogens is 3. The third kappa shape index (κ3) is 3.32. The third-order valence-electron chi connectivity index (χ3n) is 3.61. The maximum atomic E-state index is 12.3. The number of rotatable bonds is 6. The predicted octanol–water partition coefficient (Wildman–Crippen LogP) is 1.53. The summed E-state index contributed by atoms with van der Waals surface area (Å²) < 4.78 is 11.5. The summed E-state index contributed by atoms with van der Waals surface area (Å²) in [6.45, 7) is 2.08. The van der Waals surface area contributed by atoms with Crippen LogP contribution in [-0.4, -0.2) is 38.9 Å². The van der Waals surface area contributed by atoms with Crippen molar-refractivity contribution in [3.8, 4) is 11.6 Å². The largest absolute Gasteiger partial charge is 0.493 e. The number of hydrogen-bond acceptors (Lipinski definition) is 6. The number of aromatic hydroxyl groups is 1. The molecule has 8 heteroatoms. The van der Waals surface area contributed by atoms with Gasteiger partial charge in [-0.3, -0.25) is 4.79 Å². The number of nitrogens with zero attached hydrogens (tertiary/aromatic N) is 2. The highest BCUT2D eigenvalue weighted by atomic mass is 16.5. The first kappa shape index (κ1) is 16.6. The molecular formula is C17H17N3O5. The van der Waals surface area contributed by atoms with Crippen molar-refractivity contribution in [1.82, 2.24) is 14.6 Å². The van der Waals surface area contributed by atoms with Gasteiger partial charge in [-0.15, -0.1) is 0 Å². The molecule has 25 heavy (non-hydrogen) atoms. The normalized spacial score (nSPS) is 10.8. The van der Waals surface area contributed by atoms with Crippen LogP contribution in [0, 0.1) is 0 Å². The summed E-state index contributed by atoms with van der Waals surface area (Å²) in [6.07, 6.45) is 1.42. The minimum Gasteiger partial charge on any atom is -0.493 e. The SMILES string of the molecule is CCOC(=O)c1cnn2c(O)c(CCOc3ccccc3)c(=O)[nH]c12. The number of aromatic amines is 1. The first-order valence-electron chi connectivity index (χ1n) is 7.78. The molecule has 3 rings (SSSR count). The van der Waals surface area contributed by atoms with E-state index >= 15 is 0 Å². The average molecular weight is 343 g/mol. The van der Waals surface area contributed by atoms with Crippen LogP contribution in [0.15, 0.2) is 41.3 Å². The van der Waals surface area contributed by atoms with Crippen LogP contribution in [-0.2, 0) is 11.2 Å². The number of H-pyrrole nitrogens is 1. The molecule has 0 saturated carbocycles. The highest BCUT2D eigenvalue weighted by Crippen LogP contribution is 2.18. The minimum atomic E-state index is -0.618. The monoisotopic (exact) mass is 343 g/mol. The quantitative estimate of drug-likeness (QED) is 0.658. The number of nitrogens with one attached hydrogen (secondary N) is 1. The molecule has 0 aliphatic heterocycles. The van der Waals surface area contributed by atoms with Crippen molar-refractivity contribution >= 4 is 11.6 Å². The molecular weight excluding hydrogens is 326 g/mol. The van der Waals surface area contributed by atoms with E-state index in [9.17, 15) is 14.7 Å². The highest BCUT2D eigenvalue weighted by Gasteiger charge is 2.20. The Morgan fingerprint density at radius 2 is 2.08 bits per heavy atom. The molecule has 0 bridgehead atoms. The zero-order chi connectivity index (χ0) is 17.8. The maximum Gasteiger partial charge on any atom is 0.343 e. The van der Waals surface area contributed by atoms with Crippen molar-refractivity contribution < 1.29 is 19.4 Å². The number of hydrogen-bond donors (Lipinski definition) is 2. The van der Waals surface area contributed by atoms with Gasteiger partial charge in [0.15, 0.2) is 5.65 Å². The van der Waals surface area contributed by atoms with Crippen molar-refractivity contribution in [2.75, 3.05) is 13.2 Å². The van der Waals surface area contributed by atoms with Crippen molar-refractivity contribution in [1.29, 1.82) is 0 Å². The molecule has 0 amide bonds. The van der Waals surface area contributed by atoms with Crippen LogP contribution in [0.5, 0.6) is 11.6 Å². The second kappa shape index (κ2) is 7.08. The van der Waals surface area contributed by atoms with Crippen molar-refractivity contribution in [3.05, 3.63) is 58.0 Å². The number of esters is 1. The molecule has 2 heterocycles. The molecule has 0 unspecified atom stereocenters. The third-order valence-corrected chi connectivity index (χ3v) is 3.61. The molecule has 0 saturated heterocycles. The van der Waals surface area contributed by atoms with E-state index in [-0.39, 0.29) is 42.3 Å². The molecule has 0 aliphatic carbocycles. The molecule has 1 aromatic carbocycles. The number of carbonyl (C=O) groups is 1. The summed E-state index contributed by atoms with van der Waals surface area (Å²) in [4.78, 5) is 26.7. The van der Waals surface area contributed by atoms with Crippen molar-refractivity contribution in [2.24, 2.45) is 0 Å². The lowest BCUT2D eigenvalue weighted by atomic mass is 10.2. The van der Waals surface area contributed by atoms with Gasteiger partial charge in [-0.1, -0.05) is 18.2 Å². The van der Waals surface area contributed by atoms with E-state index in [1.165, 1.54) is 6.20 Å². The van der Waals surface area contributed by atoms with Crippen LogP contribution in [0.2, 0.25) is 0 Å². The van der Waals surface area contributed by atoms with Gasteiger partial charge in [0, 0.05) is 6.42 Å². The molecule has 3 aromatic rings. The van der Waals surface area contributed by atoms with Crippen molar-refractivity contribution in [3.63, 3.8) is 0 Å². The Balaban J connectivity index is 1.85. The van der Waals surface area contributed by atoms with Gasteiger partial charge in [0.05, 0.1) is 25.0 Å². The van der Waals surface area contributed by atoms with Crippen LogP contribution in [0.25, 0.3) is 5.65 Å².